The number of nitrogens with one attached hydrogen (secondary N) is 1. The third kappa shape index (κ3) is 5.34. The van der Waals surface area contributed by atoms with Gasteiger partial charge in [0.1, 0.15) is 6.54 Å². The predicted molar refractivity (Wildman–Crippen MR) is 70.1 cm³/mol. The van der Waals surface area contributed by atoms with Gasteiger partial charge in [-0.1, -0.05) is 13.3 Å². The molecule has 0 spiro atoms. The largest absolute Gasteiger partial charge is 0.464 e. The van der Waals surface area contributed by atoms with Crippen LogP contribution in [0.4, 0.5) is 4.39 Å². The molecule has 0 aliphatic rings. The van der Waals surface area contributed by atoms with Crippen LogP contribution in [0.1, 0.15) is 30.3 Å². The van der Waals surface area contributed by atoms with Crippen LogP contribution in [0.25, 0.3) is 0 Å². The van der Waals surface area contributed by atoms with E-state index in [9.17, 15) is 14.0 Å². The molecule has 0 bridgehead atoms. The van der Waals surface area contributed by atoms with Crippen molar-refractivity contribution >= 4 is 27.8 Å². The van der Waals surface area contributed by atoms with Gasteiger partial charge in [0.15, 0.2) is 11.5 Å². The molecule has 1 amide bonds. The fourth-order valence-corrected chi connectivity index (χ4v) is 1.50. The van der Waals surface area contributed by atoms with Crippen molar-refractivity contribution in [2.45, 2.75) is 19.8 Å². The van der Waals surface area contributed by atoms with E-state index in [0.29, 0.717) is 11.1 Å². The Kier molecular flexibility index (Phi) is 6.41. The van der Waals surface area contributed by atoms with E-state index in [1.165, 1.54) is 6.20 Å². The molecule has 0 saturated heterocycles. The van der Waals surface area contributed by atoms with E-state index in [1.54, 1.807) is 0 Å². The lowest BCUT2D eigenvalue weighted by atomic mass is 10.3. The SMILES string of the molecule is CCCCOC(=O)CNC(=O)c1ncc(Br)cc1F. The highest BCUT2D eigenvalue weighted by Gasteiger charge is 2.15. The third-order valence-electron chi connectivity index (χ3n) is 2.18. The van der Waals surface area contributed by atoms with Crippen LogP contribution in [0.3, 0.4) is 0 Å². The fourth-order valence-electron chi connectivity index (χ4n) is 1.20. The number of halogens is 2. The zero-order chi connectivity index (χ0) is 14.3. The Labute approximate surface area is 118 Å². The summed E-state index contributed by atoms with van der Waals surface area (Å²) in [5.74, 6) is -2.07. The number of rotatable bonds is 6. The van der Waals surface area contributed by atoms with Crippen LogP contribution in [0.5, 0.6) is 0 Å². The van der Waals surface area contributed by atoms with Gasteiger partial charge in [0.05, 0.1) is 6.61 Å². The molecule has 19 heavy (non-hydrogen) atoms. The summed E-state index contributed by atoms with van der Waals surface area (Å²) >= 11 is 3.03. The quantitative estimate of drug-likeness (QED) is 0.639. The Hall–Kier alpha value is -1.50. The zero-order valence-electron chi connectivity index (χ0n) is 10.4. The molecule has 1 N–H and O–H groups in total. The van der Waals surface area contributed by atoms with E-state index >= 15 is 0 Å². The summed E-state index contributed by atoms with van der Waals surface area (Å²) in [5.41, 5.74) is -0.357. The van der Waals surface area contributed by atoms with Crippen LogP contribution in [0, 0.1) is 5.82 Å². The lowest BCUT2D eigenvalue weighted by Gasteiger charge is -2.06. The highest BCUT2D eigenvalue weighted by molar-refractivity contribution is 9.10. The summed E-state index contributed by atoms with van der Waals surface area (Å²) < 4.78 is 18.7. The Bertz CT molecular complexity index is 468. The topological polar surface area (TPSA) is 68.3 Å². The second kappa shape index (κ2) is 7.83. The number of hydrogen-bond acceptors (Lipinski definition) is 4. The van der Waals surface area contributed by atoms with Gasteiger partial charge >= 0.3 is 5.97 Å². The maximum absolute atomic E-state index is 13.4. The van der Waals surface area contributed by atoms with Crippen molar-refractivity contribution in [3.05, 3.63) is 28.2 Å². The van der Waals surface area contributed by atoms with E-state index in [1.807, 2.05) is 6.92 Å². The number of carbonyl (C=O) groups excluding carboxylic acids is 2. The molecular formula is C12H14BrFN2O3. The molecule has 1 rings (SSSR count). The molecule has 0 aliphatic carbocycles. The molecule has 0 fully saturated rings. The summed E-state index contributed by atoms with van der Waals surface area (Å²) in [6.07, 6.45) is 2.98. The summed E-state index contributed by atoms with van der Waals surface area (Å²) in [6.45, 7) is 1.98. The summed E-state index contributed by atoms with van der Waals surface area (Å²) in [4.78, 5) is 26.5. The van der Waals surface area contributed by atoms with Crippen molar-refractivity contribution in [2.75, 3.05) is 13.2 Å². The Morgan fingerprint density at radius 3 is 2.89 bits per heavy atom. The normalized spacial score (nSPS) is 10.1. The zero-order valence-corrected chi connectivity index (χ0v) is 12.0. The lowest BCUT2D eigenvalue weighted by Crippen LogP contribution is -2.32. The number of hydrogen-bond donors (Lipinski definition) is 1. The van der Waals surface area contributed by atoms with Gasteiger partial charge in [0.2, 0.25) is 0 Å². The molecule has 1 heterocycles. The first kappa shape index (κ1) is 15.6. The number of ether oxygens (including phenoxy) is 1. The average molecular weight is 333 g/mol. The molecule has 0 atom stereocenters. The summed E-state index contributed by atoms with van der Waals surface area (Å²) in [7, 11) is 0. The first-order valence-corrected chi connectivity index (χ1v) is 6.58. The van der Waals surface area contributed by atoms with Crippen LogP contribution in [0.2, 0.25) is 0 Å². The predicted octanol–water partition coefficient (Wildman–Crippen LogP) is 2.06. The molecule has 7 heteroatoms. The fraction of sp³-hybridized carbons (Fsp3) is 0.417. The second-order valence-electron chi connectivity index (χ2n) is 3.74. The van der Waals surface area contributed by atoms with Gasteiger partial charge in [0.25, 0.3) is 5.91 Å². The van der Waals surface area contributed by atoms with Crippen molar-refractivity contribution in [3.63, 3.8) is 0 Å². The molecule has 0 aromatic carbocycles. The van der Waals surface area contributed by atoms with Crippen molar-refractivity contribution in [3.8, 4) is 0 Å². The maximum atomic E-state index is 13.4. The molecule has 0 saturated carbocycles. The van der Waals surface area contributed by atoms with Crippen molar-refractivity contribution in [1.29, 1.82) is 0 Å². The third-order valence-corrected chi connectivity index (χ3v) is 2.61. The molecule has 0 radical (unpaired) electrons. The number of carbonyl (C=O) groups is 2. The van der Waals surface area contributed by atoms with Crippen molar-refractivity contribution in [2.24, 2.45) is 0 Å². The van der Waals surface area contributed by atoms with E-state index < -0.39 is 17.7 Å². The standard InChI is InChI=1S/C12H14BrFN2O3/c1-2-3-4-19-10(17)7-16-12(18)11-9(14)5-8(13)6-15-11/h5-6H,2-4,7H2,1H3,(H,16,18). The van der Waals surface area contributed by atoms with Gasteiger partial charge in [-0.05, 0) is 28.4 Å². The van der Waals surface area contributed by atoms with Crippen LogP contribution in [0.15, 0.2) is 16.7 Å². The van der Waals surface area contributed by atoms with Crippen LogP contribution in [-0.2, 0) is 9.53 Å². The second-order valence-corrected chi connectivity index (χ2v) is 4.66. The van der Waals surface area contributed by atoms with E-state index in [4.69, 9.17) is 4.74 Å². The van der Waals surface area contributed by atoms with Crippen LogP contribution >= 0.6 is 15.9 Å². The van der Waals surface area contributed by atoms with Gasteiger partial charge < -0.3 is 10.1 Å². The van der Waals surface area contributed by atoms with E-state index in [-0.39, 0.29) is 12.2 Å². The number of amides is 1. The van der Waals surface area contributed by atoms with Crippen LogP contribution in [-0.4, -0.2) is 30.0 Å². The molecular weight excluding hydrogens is 319 g/mol. The van der Waals surface area contributed by atoms with Gasteiger partial charge in [-0.3, -0.25) is 9.59 Å². The molecule has 0 aliphatic heterocycles. The Balaban J connectivity index is 2.45. The van der Waals surface area contributed by atoms with E-state index in [0.717, 1.165) is 18.9 Å². The number of aromatic nitrogens is 1. The highest BCUT2D eigenvalue weighted by atomic mass is 79.9. The molecule has 104 valence electrons. The van der Waals surface area contributed by atoms with Gasteiger partial charge in [-0.15, -0.1) is 0 Å². The van der Waals surface area contributed by atoms with E-state index in [2.05, 4.69) is 26.2 Å². The summed E-state index contributed by atoms with van der Waals surface area (Å²) in [6, 6.07) is 1.13. The lowest BCUT2D eigenvalue weighted by molar-refractivity contribution is -0.142. The number of pyridine rings is 1. The number of unbranched alkanes of at least 4 members (excludes halogenated alkanes) is 1. The Morgan fingerprint density at radius 1 is 1.53 bits per heavy atom. The maximum Gasteiger partial charge on any atom is 0.325 e. The van der Waals surface area contributed by atoms with Gasteiger partial charge in [0, 0.05) is 10.7 Å². The first-order chi connectivity index (χ1) is 9.04. The molecule has 5 nitrogen and oxygen atoms in total. The monoisotopic (exact) mass is 332 g/mol. The van der Waals surface area contributed by atoms with Crippen molar-refractivity contribution < 1.29 is 18.7 Å². The minimum Gasteiger partial charge on any atom is -0.464 e. The minimum absolute atomic E-state index is 0.306. The highest BCUT2D eigenvalue weighted by Crippen LogP contribution is 2.12. The molecule has 1 aromatic heterocycles. The van der Waals surface area contributed by atoms with Gasteiger partial charge in [-0.25, -0.2) is 9.37 Å². The average Bonchev–Trinajstić information content (AvgIpc) is 2.36. The number of esters is 1. The minimum atomic E-state index is -0.758. The smallest absolute Gasteiger partial charge is 0.325 e. The molecule has 1 aromatic rings. The molecule has 0 unspecified atom stereocenters. The Morgan fingerprint density at radius 2 is 2.26 bits per heavy atom. The first-order valence-electron chi connectivity index (χ1n) is 5.79. The van der Waals surface area contributed by atoms with Gasteiger partial charge in [-0.2, -0.15) is 0 Å². The van der Waals surface area contributed by atoms with Crippen molar-refractivity contribution in [1.82, 2.24) is 10.3 Å². The summed E-state index contributed by atoms with van der Waals surface area (Å²) in [5, 5.41) is 2.25. The van der Waals surface area contributed by atoms with Crippen LogP contribution < -0.4 is 5.32 Å². The number of nitrogens with zero attached hydrogens (tertiary/aromatic N) is 1.